The van der Waals surface area contributed by atoms with E-state index in [9.17, 15) is 17.6 Å². The molecule has 0 aliphatic carbocycles. The second-order valence-electron chi connectivity index (χ2n) is 5.32. The third kappa shape index (κ3) is 4.94. The van der Waals surface area contributed by atoms with Crippen LogP contribution in [0.1, 0.15) is 37.6 Å². The molecule has 0 saturated carbocycles. The summed E-state index contributed by atoms with van der Waals surface area (Å²) in [5.74, 6) is -1.29. The fourth-order valence-electron chi connectivity index (χ4n) is 1.96. The number of sulfonamides is 1. The molecule has 1 unspecified atom stereocenters. The van der Waals surface area contributed by atoms with Gasteiger partial charge in [0.15, 0.2) is 0 Å². The molecule has 0 saturated heterocycles. The van der Waals surface area contributed by atoms with Crippen molar-refractivity contribution in [2.45, 2.75) is 38.1 Å². The highest BCUT2D eigenvalue weighted by molar-refractivity contribution is 7.89. The molecular formula is C13H18ClFN2O3S. The summed E-state index contributed by atoms with van der Waals surface area (Å²) in [5, 5.41) is 7.16. The molecule has 0 spiro atoms. The van der Waals surface area contributed by atoms with E-state index in [1.807, 2.05) is 13.8 Å². The van der Waals surface area contributed by atoms with Crippen LogP contribution in [0.3, 0.4) is 0 Å². The Kier molecular flexibility index (Phi) is 5.72. The van der Waals surface area contributed by atoms with E-state index < -0.39 is 31.7 Å². The van der Waals surface area contributed by atoms with Gasteiger partial charge in [-0.3, -0.25) is 4.79 Å². The number of amides is 1. The zero-order chi connectivity index (χ0) is 16.4. The normalized spacial score (nSPS) is 13.3. The minimum absolute atomic E-state index is 0.158. The first kappa shape index (κ1) is 17.9. The Labute approximate surface area is 128 Å². The second-order valence-corrected chi connectivity index (χ2v) is 7.26. The third-order valence-electron chi connectivity index (χ3n) is 2.78. The smallest absolute Gasteiger partial charge is 0.253 e. The minimum Gasteiger partial charge on any atom is -0.350 e. The van der Waals surface area contributed by atoms with Gasteiger partial charge in [0.1, 0.15) is 5.82 Å². The molecular weight excluding hydrogens is 319 g/mol. The highest BCUT2D eigenvalue weighted by atomic mass is 35.5. The molecule has 0 aliphatic rings. The molecule has 8 heteroatoms. The van der Waals surface area contributed by atoms with E-state index in [0.29, 0.717) is 12.0 Å². The van der Waals surface area contributed by atoms with E-state index in [1.165, 1.54) is 0 Å². The van der Waals surface area contributed by atoms with Gasteiger partial charge in [-0.05, 0) is 31.4 Å². The summed E-state index contributed by atoms with van der Waals surface area (Å²) in [6, 6.07) is 1.50. The summed E-state index contributed by atoms with van der Waals surface area (Å²) in [6.07, 6.45) is 0.723. The van der Waals surface area contributed by atoms with Crippen LogP contribution in [0.4, 0.5) is 4.39 Å². The molecule has 1 amide bonds. The van der Waals surface area contributed by atoms with Crippen LogP contribution < -0.4 is 10.5 Å². The SMILES string of the molecule is CC(C)CC(C)NC(=O)c1cc(S(N)(=O)=O)cc(F)c1Cl. The maximum Gasteiger partial charge on any atom is 0.253 e. The first-order valence-electron chi connectivity index (χ1n) is 6.35. The summed E-state index contributed by atoms with van der Waals surface area (Å²) >= 11 is 5.73. The number of rotatable bonds is 5. The molecule has 0 heterocycles. The van der Waals surface area contributed by atoms with Gasteiger partial charge in [-0.25, -0.2) is 17.9 Å². The number of halogens is 2. The molecule has 5 nitrogen and oxygen atoms in total. The van der Waals surface area contributed by atoms with Crippen LogP contribution in [-0.4, -0.2) is 20.4 Å². The lowest BCUT2D eigenvalue weighted by molar-refractivity contribution is 0.0935. The monoisotopic (exact) mass is 336 g/mol. The Balaban J connectivity index is 3.12. The van der Waals surface area contributed by atoms with Crippen LogP contribution in [0, 0.1) is 11.7 Å². The number of nitrogens with one attached hydrogen (secondary N) is 1. The van der Waals surface area contributed by atoms with Gasteiger partial charge in [0.25, 0.3) is 5.91 Å². The predicted molar refractivity (Wildman–Crippen MR) is 79.2 cm³/mol. The number of hydrogen-bond donors (Lipinski definition) is 2. The van der Waals surface area contributed by atoms with Gasteiger partial charge in [0, 0.05) is 6.04 Å². The minimum atomic E-state index is -4.12. The van der Waals surface area contributed by atoms with Gasteiger partial charge in [0.05, 0.1) is 15.5 Å². The van der Waals surface area contributed by atoms with Gasteiger partial charge >= 0.3 is 0 Å². The lowest BCUT2D eigenvalue weighted by atomic mass is 10.0. The summed E-state index contributed by atoms with van der Waals surface area (Å²) in [5.41, 5.74) is -0.253. The molecule has 118 valence electrons. The Morgan fingerprint density at radius 3 is 2.43 bits per heavy atom. The zero-order valence-electron chi connectivity index (χ0n) is 12.0. The number of primary sulfonamides is 1. The van der Waals surface area contributed by atoms with Crippen LogP contribution in [-0.2, 0) is 10.0 Å². The molecule has 0 fully saturated rings. The molecule has 21 heavy (non-hydrogen) atoms. The quantitative estimate of drug-likeness (QED) is 0.864. The molecule has 1 aromatic rings. The Hall–Kier alpha value is -1.18. The molecule has 0 radical (unpaired) electrons. The Morgan fingerprint density at radius 1 is 1.38 bits per heavy atom. The van der Waals surface area contributed by atoms with Crippen LogP contribution in [0.2, 0.25) is 5.02 Å². The molecule has 1 rings (SSSR count). The summed E-state index contributed by atoms with van der Waals surface area (Å²) in [6.45, 7) is 5.79. The number of hydrogen-bond acceptors (Lipinski definition) is 3. The first-order chi connectivity index (χ1) is 9.52. The standard InChI is InChI=1S/C13H18ClFN2O3S/c1-7(2)4-8(3)17-13(18)10-5-9(21(16,19)20)6-11(15)12(10)14/h5-8H,4H2,1-3H3,(H,17,18)(H2,16,19,20). The molecule has 3 N–H and O–H groups in total. The fraction of sp³-hybridized carbons (Fsp3) is 0.462. The molecule has 1 aromatic carbocycles. The van der Waals surface area contributed by atoms with E-state index in [2.05, 4.69) is 5.32 Å². The van der Waals surface area contributed by atoms with Crippen molar-refractivity contribution >= 4 is 27.5 Å². The zero-order valence-corrected chi connectivity index (χ0v) is 13.6. The number of carbonyl (C=O) groups is 1. The van der Waals surface area contributed by atoms with Crippen LogP contribution in [0.5, 0.6) is 0 Å². The molecule has 1 atom stereocenters. The van der Waals surface area contributed by atoms with Crippen molar-refractivity contribution in [2.75, 3.05) is 0 Å². The lowest BCUT2D eigenvalue weighted by Gasteiger charge is -2.16. The first-order valence-corrected chi connectivity index (χ1v) is 8.27. The molecule has 0 aromatic heterocycles. The Morgan fingerprint density at radius 2 is 1.95 bits per heavy atom. The van der Waals surface area contributed by atoms with Crippen molar-refractivity contribution in [3.05, 3.63) is 28.5 Å². The highest BCUT2D eigenvalue weighted by Crippen LogP contribution is 2.24. The number of carbonyl (C=O) groups excluding carboxylic acids is 1. The topological polar surface area (TPSA) is 89.3 Å². The van der Waals surface area contributed by atoms with Crippen LogP contribution in [0.15, 0.2) is 17.0 Å². The van der Waals surface area contributed by atoms with Crippen molar-refractivity contribution in [1.29, 1.82) is 0 Å². The van der Waals surface area contributed by atoms with Crippen molar-refractivity contribution in [3.8, 4) is 0 Å². The summed E-state index contributed by atoms with van der Waals surface area (Å²) in [4.78, 5) is 11.6. The third-order valence-corrected chi connectivity index (χ3v) is 4.05. The largest absolute Gasteiger partial charge is 0.350 e. The maximum atomic E-state index is 13.6. The van der Waals surface area contributed by atoms with Gasteiger partial charge in [-0.1, -0.05) is 25.4 Å². The van der Waals surface area contributed by atoms with Crippen LogP contribution in [0.25, 0.3) is 0 Å². The highest BCUT2D eigenvalue weighted by Gasteiger charge is 2.21. The maximum absolute atomic E-state index is 13.6. The average Bonchev–Trinajstić information content (AvgIpc) is 2.29. The summed E-state index contributed by atoms with van der Waals surface area (Å²) < 4.78 is 36.2. The van der Waals surface area contributed by atoms with E-state index in [1.54, 1.807) is 6.92 Å². The van der Waals surface area contributed by atoms with Crippen LogP contribution >= 0.6 is 11.6 Å². The molecule has 0 aliphatic heterocycles. The average molecular weight is 337 g/mol. The van der Waals surface area contributed by atoms with Crippen molar-refractivity contribution in [3.63, 3.8) is 0 Å². The lowest BCUT2D eigenvalue weighted by Crippen LogP contribution is -2.34. The predicted octanol–water partition coefficient (Wildman–Crippen LogP) is 2.29. The second kappa shape index (κ2) is 6.72. The van der Waals surface area contributed by atoms with Crippen molar-refractivity contribution < 1.29 is 17.6 Å². The number of benzene rings is 1. The van der Waals surface area contributed by atoms with E-state index >= 15 is 0 Å². The van der Waals surface area contributed by atoms with Gasteiger partial charge < -0.3 is 5.32 Å². The molecule has 0 bridgehead atoms. The van der Waals surface area contributed by atoms with Crippen molar-refractivity contribution in [2.24, 2.45) is 11.1 Å². The summed E-state index contributed by atoms with van der Waals surface area (Å²) in [7, 11) is -4.12. The van der Waals surface area contributed by atoms with Gasteiger partial charge in [-0.15, -0.1) is 0 Å². The van der Waals surface area contributed by atoms with E-state index in [-0.39, 0.29) is 11.6 Å². The van der Waals surface area contributed by atoms with Gasteiger partial charge in [-0.2, -0.15) is 0 Å². The van der Waals surface area contributed by atoms with Gasteiger partial charge in [0.2, 0.25) is 10.0 Å². The van der Waals surface area contributed by atoms with E-state index in [4.69, 9.17) is 16.7 Å². The fourth-order valence-corrected chi connectivity index (χ4v) is 2.71. The van der Waals surface area contributed by atoms with Crippen molar-refractivity contribution in [1.82, 2.24) is 5.32 Å². The van der Waals surface area contributed by atoms with E-state index in [0.717, 1.165) is 12.5 Å². The Bertz CT molecular complexity index is 647. The number of nitrogens with two attached hydrogens (primary N) is 1.